The third kappa shape index (κ3) is 96.1. The molecule has 0 radical (unpaired) electrons. The van der Waals surface area contributed by atoms with Gasteiger partial charge in [-0.1, -0.05) is 24.8 Å². The van der Waals surface area contributed by atoms with Gasteiger partial charge in [-0.25, -0.2) is 0 Å². The van der Waals surface area contributed by atoms with Crippen LogP contribution in [0.4, 0.5) is 0 Å². The van der Waals surface area contributed by atoms with Crippen LogP contribution in [0.5, 0.6) is 0 Å². The van der Waals surface area contributed by atoms with Crippen molar-refractivity contribution in [3.63, 3.8) is 0 Å². The van der Waals surface area contributed by atoms with E-state index in [-0.39, 0.29) is 43.6 Å². The van der Waals surface area contributed by atoms with Crippen molar-refractivity contribution in [2.45, 2.75) is 6.92 Å². The van der Waals surface area contributed by atoms with Gasteiger partial charge < -0.3 is 21.9 Å². The number of hydrogen-bond acceptors (Lipinski definition) is 4. The summed E-state index contributed by atoms with van der Waals surface area (Å²) in [6.07, 6.45) is 5.58. The van der Waals surface area contributed by atoms with Gasteiger partial charge in [0.05, 0.1) is 0 Å². The van der Waals surface area contributed by atoms with Gasteiger partial charge in [-0.3, -0.25) is 0 Å². The van der Waals surface area contributed by atoms with Crippen LogP contribution >= 0.6 is 0 Å². The molecule has 0 aliphatic rings. The predicted molar refractivity (Wildman–Crippen MR) is 32.8 cm³/mol. The molecule has 5 heteroatoms. The Morgan fingerprint density at radius 2 is 1.30 bits per heavy atom. The van der Waals surface area contributed by atoms with Crippen LogP contribution in [0.1, 0.15) is 6.92 Å². The molecule has 10 heavy (non-hydrogen) atoms. The van der Waals surface area contributed by atoms with Gasteiger partial charge in [0.15, 0.2) is 0 Å². The third-order valence-corrected chi connectivity index (χ3v) is 0.329. The molecule has 0 spiro atoms. The minimum absolute atomic E-state index is 0. The molecule has 0 aromatic rings. The summed E-state index contributed by atoms with van der Waals surface area (Å²) in [5, 5.41) is 0. The molecule has 0 rings (SSSR count). The van der Waals surface area contributed by atoms with Crippen LogP contribution in [0.15, 0.2) is 24.8 Å². The molecular formula is C5H12O4Ti-4. The first-order valence-electron chi connectivity index (χ1n) is 1.65. The monoisotopic (exact) mass is 184 g/mol. The first-order valence-corrected chi connectivity index (χ1v) is 1.65. The molecule has 0 aliphatic carbocycles. The number of allylic oxidation sites excluding steroid dienone is 3. The number of hydrogen-bond donors (Lipinski definition) is 0. The van der Waals surface area contributed by atoms with Crippen molar-refractivity contribution in [3.8, 4) is 0 Å². The molecule has 0 unspecified atom stereocenters. The second-order valence-electron chi connectivity index (χ2n) is 0.761. The molecule has 0 bridgehead atoms. The normalized spacial score (nSPS) is 4.50. The maximum Gasteiger partial charge on any atom is 0 e. The van der Waals surface area contributed by atoms with Crippen LogP contribution in [0, 0.1) is 0 Å². The fourth-order valence-corrected chi connectivity index (χ4v) is 0.136. The van der Waals surface area contributed by atoms with Crippen molar-refractivity contribution in [2.75, 3.05) is 0 Å². The summed E-state index contributed by atoms with van der Waals surface area (Å²) in [5.41, 5.74) is 0. The van der Waals surface area contributed by atoms with Crippen molar-refractivity contribution in [1.29, 1.82) is 0 Å². The fourth-order valence-electron chi connectivity index (χ4n) is 0.136. The van der Waals surface area contributed by atoms with E-state index in [1.54, 1.807) is 6.08 Å². The van der Waals surface area contributed by atoms with Crippen molar-refractivity contribution >= 4 is 0 Å². The molecule has 0 aromatic heterocycles. The van der Waals surface area contributed by atoms with Crippen LogP contribution in [0.2, 0.25) is 0 Å². The molecule has 0 saturated heterocycles. The number of rotatable bonds is 1. The summed E-state index contributed by atoms with van der Waals surface area (Å²) in [6.45, 7) is 5.42. The summed E-state index contributed by atoms with van der Waals surface area (Å²) in [6, 6.07) is 0. The minimum Gasteiger partial charge on any atom is -0.870 e. The first kappa shape index (κ1) is 50.3. The molecule has 64 valence electrons. The van der Waals surface area contributed by atoms with Gasteiger partial charge in [0.2, 0.25) is 0 Å². The second-order valence-corrected chi connectivity index (χ2v) is 0.761. The van der Waals surface area contributed by atoms with E-state index >= 15 is 0 Å². The smallest absolute Gasteiger partial charge is 0 e. The van der Waals surface area contributed by atoms with E-state index in [2.05, 4.69) is 6.58 Å². The van der Waals surface area contributed by atoms with E-state index in [0.29, 0.717) is 0 Å². The van der Waals surface area contributed by atoms with Gasteiger partial charge in [-0.15, -0.1) is 0 Å². The third-order valence-electron chi connectivity index (χ3n) is 0.329. The molecule has 0 aliphatic heterocycles. The quantitative estimate of drug-likeness (QED) is 0.446. The molecule has 0 aromatic carbocycles. The molecular weight excluding hydrogens is 172 g/mol. The van der Waals surface area contributed by atoms with Gasteiger partial charge >= 0.3 is 0 Å². The van der Waals surface area contributed by atoms with Gasteiger partial charge in [-0.05, 0) is 6.92 Å². The summed E-state index contributed by atoms with van der Waals surface area (Å²) < 4.78 is 0. The molecule has 0 fully saturated rings. The predicted octanol–water partition coefficient (Wildman–Crippen LogP) is 1.04. The van der Waals surface area contributed by atoms with Gasteiger partial charge in [0.25, 0.3) is 0 Å². The van der Waals surface area contributed by atoms with Crippen LogP contribution in [-0.4, -0.2) is 21.9 Å². The SMILES string of the molecule is C=C/C=C/C.[OH-].[OH-].[OH-].[OH-].[Ti]. The Hall–Kier alpha value is 0.0343. The average Bonchev–Trinajstić information content (AvgIpc) is 1.41. The van der Waals surface area contributed by atoms with E-state index in [0.717, 1.165) is 0 Å². The topological polar surface area (TPSA) is 120 Å². The van der Waals surface area contributed by atoms with Crippen molar-refractivity contribution in [2.24, 2.45) is 0 Å². The Morgan fingerprint density at radius 3 is 1.30 bits per heavy atom. The van der Waals surface area contributed by atoms with Crippen LogP contribution < -0.4 is 0 Å². The van der Waals surface area contributed by atoms with Crippen LogP contribution in [0.3, 0.4) is 0 Å². The fraction of sp³-hybridized carbons (Fsp3) is 0.200. The Morgan fingerprint density at radius 1 is 1.00 bits per heavy atom. The Bertz CT molecular complexity index is 55.6. The maximum absolute atomic E-state index is 3.46. The summed E-state index contributed by atoms with van der Waals surface area (Å²) in [7, 11) is 0. The Balaban J connectivity index is -0.00000000800. The molecule has 0 heterocycles. The zero-order valence-corrected chi connectivity index (χ0v) is 7.29. The molecule has 0 atom stereocenters. The Kier molecular flexibility index (Phi) is 319. The maximum atomic E-state index is 3.46. The van der Waals surface area contributed by atoms with Crippen LogP contribution in [0.25, 0.3) is 0 Å². The van der Waals surface area contributed by atoms with Crippen molar-refractivity contribution < 1.29 is 43.6 Å². The molecule has 0 saturated carbocycles. The molecule has 4 N–H and O–H groups in total. The second kappa shape index (κ2) is 63.3. The summed E-state index contributed by atoms with van der Waals surface area (Å²) >= 11 is 0. The van der Waals surface area contributed by atoms with E-state index in [1.165, 1.54) is 0 Å². The minimum atomic E-state index is 0. The van der Waals surface area contributed by atoms with Gasteiger partial charge in [-0.2, -0.15) is 0 Å². The van der Waals surface area contributed by atoms with E-state index in [1.807, 2.05) is 19.1 Å². The largest absolute Gasteiger partial charge is 0.870 e. The average molecular weight is 184 g/mol. The van der Waals surface area contributed by atoms with E-state index < -0.39 is 0 Å². The standard InChI is InChI=1S/C5H8.4H2O.Ti/c1-3-5-4-2;;;;;/h3-5H,1H2,2H3;4*1H2;/p-4/b5-4+;;;;;. The van der Waals surface area contributed by atoms with Crippen LogP contribution in [-0.2, 0) is 21.7 Å². The van der Waals surface area contributed by atoms with Gasteiger partial charge in [0.1, 0.15) is 0 Å². The first-order chi connectivity index (χ1) is 2.41. The van der Waals surface area contributed by atoms with Crippen molar-refractivity contribution in [1.82, 2.24) is 0 Å². The van der Waals surface area contributed by atoms with Crippen molar-refractivity contribution in [3.05, 3.63) is 24.8 Å². The van der Waals surface area contributed by atoms with E-state index in [4.69, 9.17) is 0 Å². The Labute approximate surface area is 75.7 Å². The van der Waals surface area contributed by atoms with Gasteiger partial charge in [0, 0.05) is 21.7 Å². The molecule has 0 amide bonds. The van der Waals surface area contributed by atoms with E-state index in [9.17, 15) is 0 Å². The summed E-state index contributed by atoms with van der Waals surface area (Å²) in [5.74, 6) is 0. The molecule has 4 nitrogen and oxygen atoms in total. The zero-order valence-electron chi connectivity index (χ0n) is 5.73. The summed E-state index contributed by atoms with van der Waals surface area (Å²) in [4.78, 5) is 0. The zero-order chi connectivity index (χ0) is 4.12.